The highest BCUT2D eigenvalue weighted by atomic mass is 79.9. The molecule has 73 heavy (non-hydrogen) atoms. The van der Waals surface area contributed by atoms with Crippen LogP contribution >= 0.6 is 15.9 Å². The van der Waals surface area contributed by atoms with Gasteiger partial charge in [0.25, 0.3) is 0 Å². The van der Waals surface area contributed by atoms with Crippen LogP contribution in [-0.2, 0) is 21.7 Å². The van der Waals surface area contributed by atoms with Crippen LogP contribution in [0.25, 0.3) is 0 Å². The number of benzene rings is 5. The lowest BCUT2D eigenvalue weighted by Gasteiger charge is -2.28. The quantitative estimate of drug-likeness (QED) is 0.116. The number of hydrogen-bond donors (Lipinski definition) is 5. The lowest BCUT2D eigenvalue weighted by atomic mass is 9.77. The Balaban J connectivity index is 0.000000896. The molecule has 0 amide bonds. The fraction of sp³-hybridized carbons (Fsp3) is 0.545. The first-order valence-corrected chi connectivity index (χ1v) is 26.9. The van der Waals surface area contributed by atoms with Gasteiger partial charge in [0.05, 0.1) is 0 Å². The molecule has 0 spiro atoms. The van der Waals surface area contributed by atoms with Crippen molar-refractivity contribution >= 4 is 21.6 Å². The summed E-state index contributed by atoms with van der Waals surface area (Å²) >= 11 is 3.50. The van der Waals surface area contributed by atoms with E-state index in [9.17, 15) is 25.5 Å². The molecule has 0 radical (unpaired) electrons. The molecule has 0 fully saturated rings. The molecule has 0 bridgehead atoms. The maximum atomic E-state index is 10.5. The molecule has 0 aliphatic heterocycles. The lowest BCUT2D eigenvalue weighted by Crippen LogP contribution is -2.17. The van der Waals surface area contributed by atoms with Gasteiger partial charge in [0.1, 0.15) is 28.7 Å². The summed E-state index contributed by atoms with van der Waals surface area (Å²) in [6.45, 7) is 50.6. The molecular weight excluding hydrogens is 967 g/mol. The van der Waals surface area contributed by atoms with Crippen molar-refractivity contribution in [3.05, 3.63) is 138 Å². The van der Waals surface area contributed by atoms with Crippen molar-refractivity contribution in [3.63, 3.8) is 0 Å². The molecule has 0 saturated carbocycles. The van der Waals surface area contributed by atoms with E-state index in [-0.39, 0.29) is 29.1 Å². The normalized spacial score (nSPS) is 11.7. The van der Waals surface area contributed by atoms with Crippen molar-refractivity contribution in [1.82, 2.24) is 0 Å². The predicted molar refractivity (Wildman–Crippen MR) is 324 cm³/mol. The predicted octanol–water partition coefficient (Wildman–Crippen LogP) is 19.8. The zero-order valence-electron chi connectivity index (χ0n) is 49.9. The van der Waals surface area contributed by atoms with Gasteiger partial charge in [-0.25, -0.2) is 0 Å². The average Bonchev–Trinajstić information content (AvgIpc) is 3.22. The van der Waals surface area contributed by atoms with Crippen LogP contribution in [0.1, 0.15) is 251 Å². The van der Waals surface area contributed by atoms with Gasteiger partial charge in [0.2, 0.25) is 0 Å². The first-order valence-electron chi connectivity index (χ1n) is 26.1. The highest BCUT2D eigenvalue weighted by Gasteiger charge is 2.27. The molecule has 6 nitrogen and oxygen atoms in total. The number of anilines is 1. The third kappa shape index (κ3) is 20.2. The zero-order valence-corrected chi connectivity index (χ0v) is 51.5. The van der Waals surface area contributed by atoms with Crippen LogP contribution in [-0.4, -0.2) is 39.6 Å². The molecule has 0 unspecified atom stereocenters. The van der Waals surface area contributed by atoms with E-state index in [0.29, 0.717) is 58.3 Å². The summed E-state index contributed by atoms with van der Waals surface area (Å²) in [4.78, 5) is 2.08. The van der Waals surface area contributed by atoms with Crippen molar-refractivity contribution in [2.45, 2.75) is 225 Å². The molecule has 0 aliphatic carbocycles. The molecule has 5 N–H and O–H groups in total. The summed E-state index contributed by atoms with van der Waals surface area (Å²) in [7, 11) is 4.06. The fourth-order valence-electron chi connectivity index (χ4n) is 7.94. The Hall–Kier alpha value is -4.62. The highest BCUT2D eigenvalue weighted by Crippen LogP contribution is 2.42. The van der Waals surface area contributed by atoms with E-state index in [2.05, 4.69) is 197 Å². The van der Waals surface area contributed by atoms with Crippen LogP contribution in [0.3, 0.4) is 0 Å². The average molecular weight is 1070 g/mol. The number of halogens is 1. The number of phenols is 5. The molecule has 410 valence electrons. The van der Waals surface area contributed by atoms with Gasteiger partial charge in [-0.2, -0.15) is 0 Å². The van der Waals surface area contributed by atoms with Gasteiger partial charge < -0.3 is 30.4 Å². The second-order valence-corrected chi connectivity index (χ2v) is 26.4. The van der Waals surface area contributed by atoms with E-state index in [1.54, 1.807) is 0 Å². The molecule has 5 rings (SSSR count). The smallest absolute Gasteiger partial charge is 0.122 e. The summed E-state index contributed by atoms with van der Waals surface area (Å²) in [6, 6.07) is 24.2. The van der Waals surface area contributed by atoms with Crippen LogP contribution in [0, 0.1) is 13.8 Å². The second-order valence-electron chi connectivity index (χ2n) is 25.5. The van der Waals surface area contributed by atoms with E-state index in [1.807, 2.05) is 76.5 Å². The fourth-order valence-corrected chi connectivity index (χ4v) is 8.42. The monoisotopic (exact) mass is 1070 g/mol. The van der Waals surface area contributed by atoms with Gasteiger partial charge in [0.15, 0.2) is 0 Å². The van der Waals surface area contributed by atoms with Gasteiger partial charge in [-0.1, -0.05) is 224 Å². The molecule has 0 atom stereocenters. The molecule has 0 saturated heterocycles. The topological polar surface area (TPSA) is 104 Å². The Bertz CT molecular complexity index is 2440. The second kappa shape index (κ2) is 27.8. The third-order valence-electron chi connectivity index (χ3n) is 12.8. The molecule has 0 aliphatic rings. The van der Waals surface area contributed by atoms with Crippen LogP contribution in [0.4, 0.5) is 5.69 Å². The van der Waals surface area contributed by atoms with E-state index < -0.39 is 0 Å². The molecule has 5 aromatic carbocycles. The molecule has 5 aromatic rings. The number of aromatic hydroxyl groups is 5. The minimum atomic E-state index is -0.0419. The van der Waals surface area contributed by atoms with Crippen LogP contribution in [0.5, 0.6) is 28.7 Å². The number of para-hydroxylation sites is 2. The lowest BCUT2D eigenvalue weighted by molar-refractivity contribution is 0.435. The maximum absolute atomic E-state index is 10.5. The van der Waals surface area contributed by atoms with E-state index >= 15 is 0 Å². The summed E-state index contributed by atoms with van der Waals surface area (Å²) in [5.74, 6) is 4.08. The first kappa shape index (κ1) is 68.4. The Morgan fingerprint density at radius 2 is 0.685 bits per heavy atom. The van der Waals surface area contributed by atoms with Gasteiger partial charge in [-0.05, 0) is 139 Å². The van der Waals surface area contributed by atoms with Crippen molar-refractivity contribution < 1.29 is 25.5 Å². The number of aryl methyl sites for hydroxylation is 2. The number of nitrogens with zero attached hydrogens (tertiary/aromatic N) is 1. The standard InChI is InChI=1S/C17H28O.C15H25NO.C13H19BrO.2C10H14O.CH4/c1-11(2)13-9-12(16(3,4)5)10-14(15(13)18)17(6,7)8;1-10(2)12-8-11(16(6)7)9-13(14(12)17)15(3,4)5;1-8(2)10-6-9(14)7-11(12(10)15)13(3,4)5;2*1-7(2)9-6-4-5-8(3)10(9)11;/h9-11,18H,1-8H3;8-10,17H,1-7H3;6-8,15H,1-5H3;2*4-7,11H,1-3H3;1H4. The van der Waals surface area contributed by atoms with Crippen molar-refractivity contribution in [3.8, 4) is 28.7 Å². The molecular formula is C66H104BrNO5. The molecule has 0 heterocycles. The number of rotatable bonds is 6. The number of phenolic OH excluding ortho intramolecular Hbond substituents is 5. The van der Waals surface area contributed by atoms with Crippen LogP contribution < -0.4 is 4.90 Å². The first-order chi connectivity index (χ1) is 32.6. The summed E-state index contributed by atoms with van der Waals surface area (Å²) in [6.07, 6.45) is 0. The van der Waals surface area contributed by atoms with Crippen LogP contribution in [0.15, 0.2) is 77.3 Å². The third-order valence-corrected chi connectivity index (χ3v) is 13.3. The maximum Gasteiger partial charge on any atom is 0.122 e. The van der Waals surface area contributed by atoms with Crippen molar-refractivity contribution in [2.24, 2.45) is 0 Å². The molecule has 7 heteroatoms. The minimum Gasteiger partial charge on any atom is -0.507 e. The van der Waals surface area contributed by atoms with E-state index in [4.69, 9.17) is 0 Å². The summed E-state index contributed by atoms with van der Waals surface area (Å²) in [5.41, 5.74) is 12.6. The van der Waals surface area contributed by atoms with E-state index in [0.717, 1.165) is 65.8 Å². The van der Waals surface area contributed by atoms with Gasteiger partial charge in [-0.15, -0.1) is 0 Å². The highest BCUT2D eigenvalue weighted by molar-refractivity contribution is 9.10. The summed E-state index contributed by atoms with van der Waals surface area (Å²) < 4.78 is 1.04. The van der Waals surface area contributed by atoms with Crippen molar-refractivity contribution in [1.29, 1.82) is 0 Å². The SMILES string of the molecule is C.CC(C)c1cc(Br)cc(C(C)(C)C)c1O.CC(C)c1cc(C(C)(C)C)cc(C(C)(C)C)c1O.CC(C)c1cc(N(C)C)cc(C(C)(C)C)c1O.Cc1cccc(C(C)C)c1O.Cc1cccc(C(C)C)c1O. The Kier molecular flexibility index (Phi) is 26.0. The number of hydrogen-bond acceptors (Lipinski definition) is 6. The van der Waals surface area contributed by atoms with Gasteiger partial charge in [-0.3, -0.25) is 0 Å². The van der Waals surface area contributed by atoms with Crippen LogP contribution in [0.2, 0.25) is 0 Å². The zero-order chi connectivity index (χ0) is 56.3. The summed E-state index contributed by atoms with van der Waals surface area (Å²) in [5, 5.41) is 50.2. The Labute approximate surface area is 455 Å². The largest absolute Gasteiger partial charge is 0.507 e. The molecule has 0 aromatic heterocycles. The van der Waals surface area contributed by atoms with Gasteiger partial charge in [0, 0.05) is 35.4 Å². The van der Waals surface area contributed by atoms with Gasteiger partial charge >= 0.3 is 0 Å². The Morgan fingerprint density at radius 3 is 0.973 bits per heavy atom. The minimum absolute atomic E-state index is 0. The van der Waals surface area contributed by atoms with E-state index in [1.165, 1.54) is 5.56 Å². The Morgan fingerprint density at radius 1 is 0.384 bits per heavy atom. The van der Waals surface area contributed by atoms with Crippen molar-refractivity contribution in [2.75, 3.05) is 19.0 Å².